The molecule has 0 aliphatic rings. The van der Waals surface area contributed by atoms with E-state index in [1.807, 2.05) is 0 Å². The van der Waals surface area contributed by atoms with Crippen LogP contribution < -0.4 is 4.57 Å². The lowest BCUT2D eigenvalue weighted by Gasteiger charge is -1.98. The summed E-state index contributed by atoms with van der Waals surface area (Å²) in [7, 11) is -4.02. The molecule has 0 saturated carbocycles. The summed E-state index contributed by atoms with van der Waals surface area (Å²) in [5.74, 6) is -0.461. The zero-order chi connectivity index (χ0) is 12.3. The second-order valence-electron chi connectivity index (χ2n) is 3.41. The first-order valence-electron chi connectivity index (χ1n) is 4.75. The Kier molecular flexibility index (Phi) is 3.12. The van der Waals surface area contributed by atoms with Crippen LogP contribution in [0.4, 0.5) is 0 Å². The SMILES string of the molecule is O=S(=O)(O)C[n+]1ccc(-c2ccncn2)cc1. The van der Waals surface area contributed by atoms with Gasteiger partial charge in [0.2, 0.25) is 0 Å². The van der Waals surface area contributed by atoms with Crippen LogP contribution in [0.5, 0.6) is 0 Å². The van der Waals surface area contributed by atoms with Crippen LogP contribution in [-0.2, 0) is 16.0 Å². The average Bonchev–Trinajstić information content (AvgIpc) is 2.29. The maximum absolute atomic E-state index is 10.7. The third-order valence-electron chi connectivity index (χ3n) is 2.08. The molecule has 0 bridgehead atoms. The van der Waals surface area contributed by atoms with Gasteiger partial charge in [-0.05, 0) is 6.07 Å². The lowest BCUT2D eigenvalue weighted by Crippen LogP contribution is -2.36. The highest BCUT2D eigenvalue weighted by atomic mass is 32.2. The molecule has 0 amide bonds. The van der Waals surface area contributed by atoms with Crippen molar-refractivity contribution in [3.63, 3.8) is 0 Å². The molecule has 0 atom stereocenters. The third-order valence-corrected chi connectivity index (χ3v) is 2.71. The Bertz CT molecular complexity index is 596. The van der Waals surface area contributed by atoms with Gasteiger partial charge in [0.25, 0.3) is 5.88 Å². The summed E-state index contributed by atoms with van der Waals surface area (Å²) in [6.45, 7) is 0. The maximum atomic E-state index is 10.7. The van der Waals surface area contributed by atoms with Gasteiger partial charge in [-0.3, -0.25) is 4.55 Å². The van der Waals surface area contributed by atoms with E-state index < -0.39 is 16.0 Å². The van der Waals surface area contributed by atoms with Crippen LogP contribution in [0.3, 0.4) is 0 Å². The smallest absolute Gasteiger partial charge is 0.281 e. The number of aromatic nitrogens is 3. The fraction of sp³-hybridized carbons (Fsp3) is 0.100. The molecule has 0 aromatic carbocycles. The van der Waals surface area contributed by atoms with Gasteiger partial charge in [-0.15, -0.1) is 0 Å². The van der Waals surface area contributed by atoms with Gasteiger partial charge in [-0.25, -0.2) is 9.97 Å². The number of nitrogens with zero attached hydrogens (tertiary/aromatic N) is 3. The molecule has 0 spiro atoms. The minimum absolute atomic E-state index is 0.461. The van der Waals surface area contributed by atoms with Crippen molar-refractivity contribution in [2.24, 2.45) is 0 Å². The van der Waals surface area contributed by atoms with E-state index in [2.05, 4.69) is 9.97 Å². The monoisotopic (exact) mass is 252 g/mol. The van der Waals surface area contributed by atoms with Crippen LogP contribution in [0, 0.1) is 0 Å². The molecule has 7 heteroatoms. The molecule has 2 heterocycles. The summed E-state index contributed by atoms with van der Waals surface area (Å²) in [5, 5.41) is 0. The molecule has 88 valence electrons. The summed E-state index contributed by atoms with van der Waals surface area (Å²) < 4.78 is 31.4. The van der Waals surface area contributed by atoms with E-state index >= 15 is 0 Å². The molecule has 2 aromatic rings. The highest BCUT2D eigenvalue weighted by molar-refractivity contribution is 7.84. The van der Waals surface area contributed by atoms with E-state index in [9.17, 15) is 8.42 Å². The molecule has 0 aliphatic heterocycles. The molecule has 6 nitrogen and oxygen atoms in total. The zero-order valence-electron chi connectivity index (χ0n) is 8.76. The van der Waals surface area contributed by atoms with Gasteiger partial charge in [0.05, 0.1) is 5.69 Å². The molecule has 0 radical (unpaired) electrons. The maximum Gasteiger partial charge on any atom is 0.326 e. The van der Waals surface area contributed by atoms with E-state index in [-0.39, 0.29) is 0 Å². The van der Waals surface area contributed by atoms with Crippen molar-refractivity contribution in [1.29, 1.82) is 0 Å². The first-order chi connectivity index (χ1) is 8.04. The Morgan fingerprint density at radius 3 is 2.47 bits per heavy atom. The fourth-order valence-corrected chi connectivity index (χ4v) is 1.91. The molecule has 0 fully saturated rings. The van der Waals surface area contributed by atoms with Crippen molar-refractivity contribution in [2.45, 2.75) is 5.88 Å². The fourth-order valence-electron chi connectivity index (χ4n) is 1.36. The quantitative estimate of drug-likeness (QED) is 0.626. The Morgan fingerprint density at radius 1 is 1.24 bits per heavy atom. The number of pyridine rings is 1. The molecule has 0 aliphatic carbocycles. The topological polar surface area (TPSA) is 84.0 Å². The summed E-state index contributed by atoms with van der Waals surface area (Å²) in [4.78, 5) is 7.87. The molecular formula is C10H10N3O3S+. The van der Waals surface area contributed by atoms with Gasteiger partial charge in [0.1, 0.15) is 6.33 Å². The van der Waals surface area contributed by atoms with Gasteiger partial charge in [-0.2, -0.15) is 13.0 Å². The summed E-state index contributed by atoms with van der Waals surface area (Å²) in [6.07, 6.45) is 6.19. The number of rotatable bonds is 3. The average molecular weight is 252 g/mol. The van der Waals surface area contributed by atoms with E-state index in [0.29, 0.717) is 0 Å². The molecular weight excluding hydrogens is 242 g/mol. The minimum atomic E-state index is -4.02. The third kappa shape index (κ3) is 3.30. The normalized spacial score (nSPS) is 11.4. The molecule has 2 rings (SSSR count). The second kappa shape index (κ2) is 4.56. The van der Waals surface area contributed by atoms with Crippen LogP contribution in [0.1, 0.15) is 0 Å². The predicted molar refractivity (Wildman–Crippen MR) is 59.2 cm³/mol. The van der Waals surface area contributed by atoms with Crippen LogP contribution >= 0.6 is 0 Å². The summed E-state index contributed by atoms with van der Waals surface area (Å²) in [5.41, 5.74) is 1.60. The molecule has 17 heavy (non-hydrogen) atoms. The van der Waals surface area contributed by atoms with Crippen LogP contribution in [0.25, 0.3) is 11.3 Å². The Hall–Kier alpha value is -1.86. The van der Waals surface area contributed by atoms with E-state index in [0.717, 1.165) is 11.3 Å². The van der Waals surface area contributed by atoms with Crippen LogP contribution in [-0.4, -0.2) is 22.9 Å². The number of hydrogen-bond acceptors (Lipinski definition) is 4. The Labute approximate surface area is 98.4 Å². The summed E-state index contributed by atoms with van der Waals surface area (Å²) >= 11 is 0. The predicted octanol–water partition coefficient (Wildman–Crippen LogP) is 0.276. The van der Waals surface area contributed by atoms with Crippen molar-refractivity contribution in [2.75, 3.05) is 0 Å². The highest BCUT2D eigenvalue weighted by Crippen LogP contribution is 2.12. The molecule has 1 N–H and O–H groups in total. The Balaban J connectivity index is 2.25. The standard InChI is InChI=1S/C10H9N3O3S/c14-17(15,16)8-13-5-2-9(3-6-13)10-1-4-11-7-12-10/h1-7H,8H2/p+1. The van der Waals surface area contributed by atoms with Crippen molar-refractivity contribution in [3.05, 3.63) is 43.1 Å². The van der Waals surface area contributed by atoms with Gasteiger partial charge in [0, 0.05) is 23.9 Å². The second-order valence-corrected chi connectivity index (χ2v) is 4.83. The van der Waals surface area contributed by atoms with Gasteiger partial charge in [-0.1, -0.05) is 0 Å². The summed E-state index contributed by atoms with van der Waals surface area (Å²) in [6, 6.07) is 5.18. The first kappa shape index (κ1) is 11.6. The van der Waals surface area contributed by atoms with Gasteiger partial charge < -0.3 is 0 Å². The van der Waals surface area contributed by atoms with Gasteiger partial charge >= 0.3 is 10.1 Å². The van der Waals surface area contributed by atoms with Crippen molar-refractivity contribution < 1.29 is 17.5 Å². The van der Waals surface area contributed by atoms with Crippen molar-refractivity contribution in [3.8, 4) is 11.3 Å². The molecule has 0 unspecified atom stereocenters. The van der Waals surface area contributed by atoms with E-state index in [1.165, 1.54) is 10.9 Å². The van der Waals surface area contributed by atoms with E-state index in [4.69, 9.17) is 4.55 Å². The minimum Gasteiger partial charge on any atom is -0.281 e. The lowest BCUT2D eigenvalue weighted by atomic mass is 10.2. The molecule has 2 aromatic heterocycles. The van der Waals surface area contributed by atoms with Crippen molar-refractivity contribution in [1.82, 2.24) is 9.97 Å². The largest absolute Gasteiger partial charge is 0.326 e. The number of hydrogen-bond donors (Lipinski definition) is 1. The zero-order valence-corrected chi connectivity index (χ0v) is 9.58. The van der Waals surface area contributed by atoms with Crippen LogP contribution in [0.15, 0.2) is 43.1 Å². The van der Waals surface area contributed by atoms with Crippen LogP contribution in [0.2, 0.25) is 0 Å². The van der Waals surface area contributed by atoms with Gasteiger partial charge in [0.15, 0.2) is 12.4 Å². The van der Waals surface area contributed by atoms with Crippen molar-refractivity contribution >= 4 is 10.1 Å². The molecule has 0 saturated heterocycles. The first-order valence-corrected chi connectivity index (χ1v) is 6.36. The van der Waals surface area contributed by atoms with E-state index in [1.54, 1.807) is 36.8 Å². The lowest BCUT2D eigenvalue weighted by molar-refractivity contribution is -0.678. The highest BCUT2D eigenvalue weighted by Gasteiger charge is 2.12. The Morgan fingerprint density at radius 2 is 1.94 bits per heavy atom.